The van der Waals surface area contributed by atoms with E-state index in [1.807, 2.05) is 45.0 Å². The summed E-state index contributed by atoms with van der Waals surface area (Å²) in [4.78, 5) is 30.6. The summed E-state index contributed by atoms with van der Waals surface area (Å²) in [7, 11) is 0. The molecule has 43 heavy (non-hydrogen) atoms. The van der Waals surface area contributed by atoms with Gasteiger partial charge in [-0.1, -0.05) is 39.0 Å². The van der Waals surface area contributed by atoms with Crippen molar-refractivity contribution in [1.29, 1.82) is 0 Å². The molecule has 5 rings (SSSR count). The maximum atomic E-state index is 13.6. The van der Waals surface area contributed by atoms with Crippen molar-refractivity contribution in [3.8, 4) is 22.1 Å². The Morgan fingerprint density at radius 3 is 2.63 bits per heavy atom. The van der Waals surface area contributed by atoms with E-state index in [0.717, 1.165) is 35.1 Å². The molecule has 0 saturated heterocycles. The van der Waals surface area contributed by atoms with Crippen LogP contribution in [0.5, 0.6) is 11.5 Å². The highest BCUT2D eigenvalue weighted by Gasteiger charge is 2.31. The largest absolute Gasteiger partial charge is 0.489 e. The van der Waals surface area contributed by atoms with Crippen LogP contribution in [-0.2, 0) is 11.3 Å². The summed E-state index contributed by atoms with van der Waals surface area (Å²) in [5.41, 5.74) is 7.20. The number of nitrogens with one attached hydrogen (secondary N) is 1. The van der Waals surface area contributed by atoms with Crippen molar-refractivity contribution >= 4 is 34.3 Å². The Hall–Kier alpha value is -4.19. The molecule has 1 aliphatic rings. The van der Waals surface area contributed by atoms with Crippen LogP contribution < -0.4 is 20.5 Å². The second kappa shape index (κ2) is 12.6. The summed E-state index contributed by atoms with van der Waals surface area (Å²) in [6.45, 7) is 3.45. The van der Waals surface area contributed by atoms with Crippen LogP contribution in [0.15, 0.2) is 53.1 Å². The molecule has 9 nitrogen and oxygen atoms in total. The molecule has 0 spiro atoms. The Morgan fingerprint density at radius 2 is 1.93 bits per heavy atom. The standard InChI is InChI=1S/C31H33F2N3O6S/c1-31(2,3)13-24(42-30(34)38)26-25(27(37)35-14-19-16-40-21-7-5-4-6-20(19)21)36-28(43-26)18-10-11-22(41-29(32)33)23(12-18)39-15-17-8-9-17/h4-7,10-12,16-17,24,29H,8-9,13-15H2,1-3H3,(H2,34,38)(H,35,37). The zero-order chi connectivity index (χ0) is 30.7. The highest BCUT2D eigenvalue weighted by molar-refractivity contribution is 7.15. The van der Waals surface area contributed by atoms with Crippen LogP contribution in [0.25, 0.3) is 21.5 Å². The van der Waals surface area contributed by atoms with Gasteiger partial charge in [-0.2, -0.15) is 8.78 Å². The molecule has 228 valence electrons. The van der Waals surface area contributed by atoms with Gasteiger partial charge in [0.1, 0.15) is 22.4 Å². The minimum absolute atomic E-state index is 0.0663. The number of furan rings is 1. The molecular formula is C31H33F2N3O6S. The number of nitrogens with two attached hydrogens (primary N) is 1. The lowest BCUT2D eigenvalue weighted by atomic mass is 9.88. The van der Waals surface area contributed by atoms with Crippen molar-refractivity contribution in [2.24, 2.45) is 17.1 Å². The van der Waals surface area contributed by atoms with Crippen molar-refractivity contribution < 1.29 is 37.0 Å². The van der Waals surface area contributed by atoms with Gasteiger partial charge in [-0.3, -0.25) is 4.79 Å². The van der Waals surface area contributed by atoms with Crippen LogP contribution >= 0.6 is 11.3 Å². The number of rotatable bonds is 12. The predicted molar refractivity (Wildman–Crippen MR) is 157 cm³/mol. The highest BCUT2D eigenvalue weighted by atomic mass is 32.1. The normalized spacial score (nSPS) is 14.1. The lowest BCUT2D eigenvalue weighted by Gasteiger charge is -2.25. The van der Waals surface area contributed by atoms with E-state index in [9.17, 15) is 18.4 Å². The van der Waals surface area contributed by atoms with E-state index in [2.05, 4.69) is 15.0 Å². The Bertz CT molecular complexity index is 1610. The van der Waals surface area contributed by atoms with Crippen LogP contribution in [0.4, 0.5) is 13.6 Å². The summed E-state index contributed by atoms with van der Waals surface area (Å²) < 4.78 is 47.8. The van der Waals surface area contributed by atoms with Gasteiger partial charge in [0, 0.05) is 23.1 Å². The Balaban J connectivity index is 1.50. The molecular weight excluding hydrogens is 580 g/mol. The van der Waals surface area contributed by atoms with Crippen LogP contribution in [0, 0.1) is 11.3 Å². The van der Waals surface area contributed by atoms with E-state index < -0.39 is 24.7 Å². The van der Waals surface area contributed by atoms with E-state index in [1.54, 1.807) is 18.4 Å². The van der Waals surface area contributed by atoms with E-state index in [1.165, 1.54) is 6.07 Å². The number of para-hydroxylation sites is 1. The minimum Gasteiger partial charge on any atom is -0.489 e. The average molecular weight is 614 g/mol. The van der Waals surface area contributed by atoms with Crippen LogP contribution in [0.1, 0.15) is 67.1 Å². The summed E-state index contributed by atoms with van der Waals surface area (Å²) >= 11 is 1.16. The zero-order valence-corrected chi connectivity index (χ0v) is 24.8. The molecule has 1 atom stereocenters. The van der Waals surface area contributed by atoms with Crippen molar-refractivity contribution in [3.63, 3.8) is 0 Å². The number of nitrogens with zero attached hydrogens (tertiary/aromatic N) is 1. The molecule has 1 saturated carbocycles. The molecule has 4 aromatic rings. The van der Waals surface area contributed by atoms with E-state index >= 15 is 0 Å². The van der Waals surface area contributed by atoms with E-state index in [-0.39, 0.29) is 29.2 Å². The molecule has 1 aliphatic carbocycles. The van der Waals surface area contributed by atoms with Gasteiger partial charge in [0.25, 0.3) is 5.91 Å². The Kier molecular flexibility index (Phi) is 8.86. The van der Waals surface area contributed by atoms with Crippen molar-refractivity contribution in [2.45, 2.75) is 59.3 Å². The number of carbonyl (C=O) groups excluding carboxylic acids is 2. The van der Waals surface area contributed by atoms with Crippen molar-refractivity contribution in [3.05, 3.63) is 64.9 Å². The number of aromatic nitrogens is 1. The lowest BCUT2D eigenvalue weighted by molar-refractivity contribution is -0.0515. The molecule has 2 heterocycles. The first-order valence-electron chi connectivity index (χ1n) is 13.9. The van der Waals surface area contributed by atoms with Gasteiger partial charge in [-0.05, 0) is 54.9 Å². The maximum absolute atomic E-state index is 13.6. The van der Waals surface area contributed by atoms with Gasteiger partial charge in [-0.15, -0.1) is 11.3 Å². The molecule has 12 heteroatoms. The van der Waals surface area contributed by atoms with E-state index in [0.29, 0.717) is 40.0 Å². The lowest BCUT2D eigenvalue weighted by Crippen LogP contribution is -2.27. The average Bonchev–Trinajstić information content (AvgIpc) is 3.50. The van der Waals surface area contributed by atoms with Crippen LogP contribution in [0.2, 0.25) is 0 Å². The Morgan fingerprint density at radius 1 is 1.16 bits per heavy atom. The number of amides is 2. The minimum atomic E-state index is -3.02. The predicted octanol–water partition coefficient (Wildman–Crippen LogP) is 7.45. The van der Waals surface area contributed by atoms with E-state index in [4.69, 9.17) is 19.6 Å². The maximum Gasteiger partial charge on any atom is 0.405 e. The number of alkyl halides is 2. The Labute approximate surface area is 251 Å². The molecule has 0 aliphatic heterocycles. The third kappa shape index (κ3) is 7.81. The fourth-order valence-electron chi connectivity index (χ4n) is 4.59. The number of halogens is 2. The first-order chi connectivity index (χ1) is 20.5. The highest BCUT2D eigenvalue weighted by Crippen LogP contribution is 2.42. The smallest absolute Gasteiger partial charge is 0.405 e. The molecule has 2 aromatic carbocycles. The molecule has 1 fully saturated rings. The second-order valence-corrected chi connectivity index (χ2v) is 12.7. The first-order valence-corrected chi connectivity index (χ1v) is 14.7. The van der Waals surface area contributed by atoms with Gasteiger partial charge >= 0.3 is 12.7 Å². The SMILES string of the molecule is CC(C)(C)CC(OC(N)=O)c1sc(-c2ccc(OC(F)F)c(OCC3CC3)c2)nc1C(=O)NCc1coc2ccccc12. The van der Waals surface area contributed by atoms with Gasteiger partial charge in [0.2, 0.25) is 0 Å². The van der Waals surface area contributed by atoms with Gasteiger partial charge in [-0.25, -0.2) is 9.78 Å². The van der Waals surface area contributed by atoms with Crippen molar-refractivity contribution in [2.75, 3.05) is 6.61 Å². The third-order valence-electron chi connectivity index (χ3n) is 6.80. The summed E-state index contributed by atoms with van der Waals surface area (Å²) in [6, 6.07) is 12.0. The monoisotopic (exact) mass is 613 g/mol. The molecule has 0 radical (unpaired) electrons. The van der Waals surface area contributed by atoms with Crippen molar-refractivity contribution in [1.82, 2.24) is 10.3 Å². The number of benzene rings is 2. The zero-order valence-electron chi connectivity index (χ0n) is 24.0. The molecule has 2 aromatic heterocycles. The summed E-state index contributed by atoms with van der Waals surface area (Å²) in [6.07, 6.45) is 2.14. The summed E-state index contributed by atoms with van der Waals surface area (Å²) in [5.74, 6) is -0.0537. The number of fused-ring (bicyclic) bond motifs is 1. The van der Waals surface area contributed by atoms with Gasteiger partial charge < -0.3 is 29.7 Å². The molecule has 2 amide bonds. The number of hydrogen-bond donors (Lipinski definition) is 2. The third-order valence-corrected chi connectivity index (χ3v) is 7.99. The second-order valence-electron chi connectivity index (χ2n) is 11.7. The first kappa shape index (κ1) is 30.3. The molecule has 3 N–H and O–H groups in total. The number of hydrogen-bond acceptors (Lipinski definition) is 8. The number of carbonyl (C=O) groups is 2. The van der Waals surface area contributed by atoms with Gasteiger partial charge in [0.05, 0.1) is 17.7 Å². The molecule has 1 unspecified atom stereocenters. The fraction of sp³-hybridized carbons (Fsp3) is 0.387. The quantitative estimate of drug-likeness (QED) is 0.170. The fourth-order valence-corrected chi connectivity index (χ4v) is 5.68. The van der Waals surface area contributed by atoms with Crippen LogP contribution in [-0.4, -0.2) is 30.2 Å². The number of primary amides is 1. The van der Waals surface area contributed by atoms with Crippen LogP contribution in [0.3, 0.4) is 0 Å². The summed E-state index contributed by atoms with van der Waals surface area (Å²) in [5, 5.41) is 4.17. The number of thiazole rings is 1. The molecule has 0 bridgehead atoms. The topological polar surface area (TPSA) is 126 Å². The number of ether oxygens (including phenoxy) is 3. The van der Waals surface area contributed by atoms with Gasteiger partial charge in [0.15, 0.2) is 11.5 Å².